The number of hydrogen-bond acceptors (Lipinski definition) is 5. The average molecular weight is 303 g/mol. The Bertz CT molecular complexity index is 554. The SMILES string of the molecule is CC1(C)OB(c2ccc(C3CC(=O)CCO3)cn2)OC1(C)C. The molecule has 1 atom stereocenters. The fourth-order valence-electron chi connectivity index (χ4n) is 2.61. The van der Waals surface area contributed by atoms with Crippen LogP contribution in [0.1, 0.15) is 52.2 Å². The summed E-state index contributed by atoms with van der Waals surface area (Å²) in [6, 6.07) is 3.83. The molecule has 5 nitrogen and oxygen atoms in total. The minimum atomic E-state index is -0.465. The van der Waals surface area contributed by atoms with E-state index in [1.165, 1.54) is 0 Å². The molecule has 3 heterocycles. The van der Waals surface area contributed by atoms with Crippen molar-refractivity contribution in [3.05, 3.63) is 23.9 Å². The number of hydrogen-bond donors (Lipinski definition) is 0. The van der Waals surface area contributed by atoms with E-state index in [9.17, 15) is 4.79 Å². The Kier molecular flexibility index (Phi) is 3.87. The summed E-state index contributed by atoms with van der Waals surface area (Å²) in [7, 11) is -0.465. The van der Waals surface area contributed by atoms with Crippen molar-refractivity contribution in [2.45, 2.75) is 57.8 Å². The molecule has 2 saturated heterocycles. The van der Waals surface area contributed by atoms with Gasteiger partial charge < -0.3 is 14.0 Å². The molecule has 0 saturated carbocycles. The van der Waals surface area contributed by atoms with E-state index in [4.69, 9.17) is 14.0 Å². The number of rotatable bonds is 2. The Labute approximate surface area is 131 Å². The third-order valence-corrected chi connectivity index (χ3v) is 4.79. The molecular weight excluding hydrogens is 281 g/mol. The number of ether oxygens (including phenoxy) is 1. The fraction of sp³-hybridized carbons (Fsp3) is 0.625. The van der Waals surface area contributed by atoms with E-state index >= 15 is 0 Å². The molecule has 2 aliphatic heterocycles. The summed E-state index contributed by atoms with van der Waals surface area (Å²) in [5, 5.41) is 0. The van der Waals surface area contributed by atoms with Gasteiger partial charge in [0.05, 0.1) is 29.5 Å². The minimum absolute atomic E-state index is 0.180. The molecule has 0 bridgehead atoms. The van der Waals surface area contributed by atoms with Crippen molar-refractivity contribution in [3.8, 4) is 0 Å². The van der Waals surface area contributed by atoms with Gasteiger partial charge in [-0.25, -0.2) is 0 Å². The van der Waals surface area contributed by atoms with Gasteiger partial charge in [0, 0.05) is 19.0 Å². The quantitative estimate of drug-likeness (QED) is 0.780. The first-order chi connectivity index (χ1) is 10.3. The van der Waals surface area contributed by atoms with Crippen molar-refractivity contribution in [2.75, 3.05) is 6.61 Å². The van der Waals surface area contributed by atoms with Crippen LogP contribution in [0.25, 0.3) is 0 Å². The van der Waals surface area contributed by atoms with Crippen LogP contribution in [0.3, 0.4) is 0 Å². The third kappa shape index (κ3) is 2.83. The molecule has 0 aliphatic carbocycles. The third-order valence-electron chi connectivity index (χ3n) is 4.79. The summed E-state index contributed by atoms with van der Waals surface area (Å²) in [4.78, 5) is 16.0. The van der Waals surface area contributed by atoms with E-state index in [2.05, 4.69) is 4.98 Å². The van der Waals surface area contributed by atoms with E-state index in [-0.39, 0.29) is 23.1 Å². The van der Waals surface area contributed by atoms with E-state index in [0.29, 0.717) is 19.4 Å². The predicted octanol–water partition coefficient (Wildman–Crippen LogP) is 1.80. The lowest BCUT2D eigenvalue weighted by Crippen LogP contribution is -2.41. The topological polar surface area (TPSA) is 57.7 Å². The van der Waals surface area contributed by atoms with Gasteiger partial charge in [0.25, 0.3) is 0 Å². The van der Waals surface area contributed by atoms with Crippen molar-refractivity contribution in [3.63, 3.8) is 0 Å². The van der Waals surface area contributed by atoms with Crippen LogP contribution in [-0.4, -0.2) is 35.7 Å². The molecule has 22 heavy (non-hydrogen) atoms. The summed E-state index contributed by atoms with van der Waals surface area (Å²) < 4.78 is 17.6. The lowest BCUT2D eigenvalue weighted by atomic mass is 9.84. The highest BCUT2D eigenvalue weighted by Gasteiger charge is 2.52. The van der Waals surface area contributed by atoms with Crippen molar-refractivity contribution >= 4 is 18.5 Å². The average Bonchev–Trinajstić information content (AvgIpc) is 2.68. The van der Waals surface area contributed by atoms with Gasteiger partial charge >= 0.3 is 7.12 Å². The zero-order valence-electron chi connectivity index (χ0n) is 13.6. The van der Waals surface area contributed by atoms with Crippen LogP contribution in [0, 0.1) is 0 Å². The number of Topliss-reactive ketones (excluding diaryl/α,β-unsaturated/α-hetero) is 1. The maximum Gasteiger partial charge on any atom is 0.514 e. The van der Waals surface area contributed by atoms with Gasteiger partial charge in [0.1, 0.15) is 5.78 Å². The first-order valence-electron chi connectivity index (χ1n) is 7.73. The number of aromatic nitrogens is 1. The van der Waals surface area contributed by atoms with E-state index in [0.717, 1.165) is 11.2 Å². The van der Waals surface area contributed by atoms with Crippen LogP contribution in [-0.2, 0) is 18.8 Å². The first kappa shape index (κ1) is 15.7. The number of nitrogens with zero attached hydrogens (tertiary/aromatic N) is 1. The van der Waals surface area contributed by atoms with Crippen LogP contribution in [0.15, 0.2) is 18.3 Å². The summed E-state index contributed by atoms with van der Waals surface area (Å²) in [5.41, 5.74) is 0.909. The van der Waals surface area contributed by atoms with Crippen LogP contribution < -0.4 is 5.59 Å². The second-order valence-electron chi connectivity index (χ2n) is 6.96. The molecule has 0 N–H and O–H groups in total. The Morgan fingerprint density at radius 1 is 1.18 bits per heavy atom. The molecule has 1 unspecified atom stereocenters. The van der Waals surface area contributed by atoms with Crippen molar-refractivity contribution in [2.24, 2.45) is 0 Å². The Morgan fingerprint density at radius 2 is 1.86 bits per heavy atom. The van der Waals surface area contributed by atoms with Crippen LogP contribution >= 0.6 is 0 Å². The summed E-state index contributed by atoms with van der Waals surface area (Å²) in [6.07, 6.45) is 2.51. The predicted molar refractivity (Wildman–Crippen MR) is 82.9 cm³/mol. The second kappa shape index (κ2) is 5.44. The first-order valence-corrected chi connectivity index (χ1v) is 7.73. The number of carbonyl (C=O) groups is 1. The number of carbonyl (C=O) groups excluding carboxylic acids is 1. The van der Waals surface area contributed by atoms with Gasteiger partial charge in [0.2, 0.25) is 0 Å². The zero-order chi connectivity index (χ0) is 16.0. The highest BCUT2D eigenvalue weighted by molar-refractivity contribution is 6.61. The Hall–Kier alpha value is -1.24. The molecule has 1 aromatic rings. The maximum absolute atomic E-state index is 11.5. The van der Waals surface area contributed by atoms with Crippen LogP contribution in [0.5, 0.6) is 0 Å². The number of ketones is 1. The lowest BCUT2D eigenvalue weighted by molar-refractivity contribution is -0.128. The van der Waals surface area contributed by atoms with Crippen molar-refractivity contribution in [1.82, 2.24) is 4.98 Å². The molecular formula is C16H22BNO4. The maximum atomic E-state index is 11.5. The highest BCUT2D eigenvalue weighted by Crippen LogP contribution is 2.36. The van der Waals surface area contributed by atoms with Gasteiger partial charge in [-0.15, -0.1) is 0 Å². The minimum Gasteiger partial charge on any atom is -0.398 e. The van der Waals surface area contributed by atoms with Crippen LogP contribution in [0.4, 0.5) is 0 Å². The molecule has 2 aliphatic rings. The van der Waals surface area contributed by atoms with Gasteiger partial charge in [-0.05, 0) is 39.3 Å². The van der Waals surface area contributed by atoms with E-state index < -0.39 is 7.12 Å². The largest absolute Gasteiger partial charge is 0.514 e. The second-order valence-corrected chi connectivity index (χ2v) is 6.96. The molecule has 0 aromatic carbocycles. The van der Waals surface area contributed by atoms with Gasteiger partial charge in [-0.3, -0.25) is 9.78 Å². The molecule has 118 valence electrons. The molecule has 0 radical (unpaired) electrons. The van der Waals surface area contributed by atoms with Gasteiger partial charge in [-0.2, -0.15) is 0 Å². The molecule has 6 heteroatoms. The Balaban J connectivity index is 1.74. The zero-order valence-corrected chi connectivity index (χ0v) is 13.6. The van der Waals surface area contributed by atoms with Crippen molar-refractivity contribution < 1.29 is 18.8 Å². The van der Waals surface area contributed by atoms with E-state index in [1.54, 1.807) is 6.20 Å². The molecule has 0 spiro atoms. The summed E-state index contributed by atoms with van der Waals surface area (Å²) in [5.74, 6) is 0.242. The standard InChI is InChI=1S/C16H22BNO4/c1-15(2)16(3,4)22-17(21-15)14-6-5-11(10-18-14)13-9-12(19)7-8-20-13/h5-6,10,13H,7-9H2,1-4H3. The normalized spacial score (nSPS) is 27.2. The smallest absolute Gasteiger partial charge is 0.398 e. The number of pyridine rings is 1. The Morgan fingerprint density at radius 3 is 2.41 bits per heavy atom. The molecule has 0 amide bonds. The highest BCUT2D eigenvalue weighted by atomic mass is 16.7. The van der Waals surface area contributed by atoms with Crippen LogP contribution in [0.2, 0.25) is 0 Å². The monoisotopic (exact) mass is 303 g/mol. The van der Waals surface area contributed by atoms with Gasteiger partial charge in [-0.1, -0.05) is 6.07 Å². The molecule has 1 aromatic heterocycles. The van der Waals surface area contributed by atoms with Gasteiger partial charge in [0.15, 0.2) is 0 Å². The van der Waals surface area contributed by atoms with Crippen molar-refractivity contribution in [1.29, 1.82) is 0 Å². The van der Waals surface area contributed by atoms with E-state index in [1.807, 2.05) is 39.8 Å². The fourth-order valence-corrected chi connectivity index (χ4v) is 2.61. The lowest BCUT2D eigenvalue weighted by Gasteiger charge is -2.32. The molecule has 2 fully saturated rings. The summed E-state index contributed by atoms with van der Waals surface area (Å²) >= 11 is 0. The molecule has 3 rings (SSSR count). The summed E-state index contributed by atoms with van der Waals surface area (Å²) in [6.45, 7) is 8.56.